The van der Waals surface area contributed by atoms with E-state index in [1.165, 1.54) is 0 Å². The summed E-state index contributed by atoms with van der Waals surface area (Å²) >= 11 is 0. The second-order valence-corrected chi connectivity index (χ2v) is 7.95. The van der Waals surface area contributed by atoms with E-state index in [4.69, 9.17) is 9.47 Å². The first-order valence-electron chi connectivity index (χ1n) is 11.6. The van der Waals surface area contributed by atoms with E-state index in [1.54, 1.807) is 43.8 Å². The number of ether oxygens (including phenoxy) is 2. The number of benzene rings is 1. The van der Waals surface area contributed by atoms with Crippen molar-refractivity contribution in [1.82, 2.24) is 14.9 Å². The van der Waals surface area contributed by atoms with Crippen molar-refractivity contribution >= 4 is 29.2 Å². The zero-order valence-electron chi connectivity index (χ0n) is 19.7. The van der Waals surface area contributed by atoms with Gasteiger partial charge < -0.3 is 19.3 Å². The van der Waals surface area contributed by atoms with Crippen molar-refractivity contribution < 1.29 is 19.1 Å². The summed E-state index contributed by atoms with van der Waals surface area (Å²) in [6.45, 7) is 4.62. The Kier molecular flexibility index (Phi) is 8.06. The highest BCUT2D eigenvalue weighted by Gasteiger charge is 2.25. The van der Waals surface area contributed by atoms with Crippen molar-refractivity contribution in [2.75, 3.05) is 44.3 Å². The summed E-state index contributed by atoms with van der Waals surface area (Å²) in [5, 5.41) is 0. The predicted molar refractivity (Wildman–Crippen MR) is 134 cm³/mol. The van der Waals surface area contributed by atoms with Crippen molar-refractivity contribution in [2.24, 2.45) is 0 Å². The van der Waals surface area contributed by atoms with E-state index in [-0.39, 0.29) is 12.5 Å². The first-order valence-corrected chi connectivity index (χ1v) is 11.6. The zero-order valence-corrected chi connectivity index (χ0v) is 19.7. The lowest BCUT2D eigenvalue weighted by atomic mass is 10.0. The van der Waals surface area contributed by atoms with Crippen LogP contribution in [0.1, 0.15) is 18.1 Å². The minimum absolute atomic E-state index is 0.0385. The highest BCUT2D eigenvalue weighted by molar-refractivity contribution is 6.24. The first kappa shape index (κ1) is 23.9. The van der Waals surface area contributed by atoms with Crippen molar-refractivity contribution in [2.45, 2.75) is 6.92 Å². The smallest absolute Gasteiger partial charge is 0.344 e. The number of carbonyl (C=O) groups excluding carboxylic acids is 2. The number of esters is 1. The molecule has 1 saturated heterocycles. The van der Waals surface area contributed by atoms with Crippen LogP contribution in [0.15, 0.2) is 73.3 Å². The van der Waals surface area contributed by atoms with Crippen LogP contribution in [0.25, 0.3) is 11.6 Å². The fourth-order valence-electron chi connectivity index (χ4n) is 3.87. The van der Waals surface area contributed by atoms with Crippen LogP contribution in [0.4, 0.5) is 5.69 Å². The lowest BCUT2D eigenvalue weighted by Crippen LogP contribution is -2.49. The van der Waals surface area contributed by atoms with Crippen LogP contribution in [-0.2, 0) is 14.3 Å². The first-order chi connectivity index (χ1) is 17.1. The summed E-state index contributed by atoms with van der Waals surface area (Å²) in [5.41, 5.74) is 3.29. The maximum absolute atomic E-state index is 13.6. The molecular weight excluding hydrogens is 444 g/mol. The number of piperazine rings is 1. The summed E-state index contributed by atoms with van der Waals surface area (Å²) in [5.74, 6) is 0.0687. The minimum Gasteiger partial charge on any atom is -0.482 e. The lowest BCUT2D eigenvalue weighted by Gasteiger charge is -2.36. The predicted octanol–water partition coefficient (Wildman–Crippen LogP) is 3.31. The van der Waals surface area contributed by atoms with Crippen molar-refractivity contribution in [3.8, 4) is 5.75 Å². The Bertz CT molecular complexity index is 1140. The van der Waals surface area contributed by atoms with E-state index >= 15 is 0 Å². The minimum atomic E-state index is -0.421. The second-order valence-electron chi connectivity index (χ2n) is 7.95. The van der Waals surface area contributed by atoms with E-state index in [9.17, 15) is 9.59 Å². The van der Waals surface area contributed by atoms with Gasteiger partial charge in [0.2, 0.25) is 0 Å². The van der Waals surface area contributed by atoms with Crippen LogP contribution in [0.2, 0.25) is 0 Å². The van der Waals surface area contributed by atoms with Gasteiger partial charge in [0.05, 0.1) is 6.61 Å². The van der Waals surface area contributed by atoms with Crippen molar-refractivity contribution in [1.29, 1.82) is 0 Å². The maximum Gasteiger partial charge on any atom is 0.344 e. The number of nitrogens with zero attached hydrogens (tertiary/aromatic N) is 4. The molecule has 3 heterocycles. The normalized spacial score (nSPS) is 13.9. The van der Waals surface area contributed by atoms with Gasteiger partial charge in [0.1, 0.15) is 5.75 Å². The molecule has 8 nitrogen and oxygen atoms in total. The Hall–Kier alpha value is -4.20. The van der Waals surface area contributed by atoms with Gasteiger partial charge in [-0.3, -0.25) is 14.8 Å². The van der Waals surface area contributed by atoms with Gasteiger partial charge in [0.25, 0.3) is 5.91 Å². The third-order valence-corrected chi connectivity index (χ3v) is 5.65. The number of carbonyl (C=O) groups is 2. The van der Waals surface area contributed by atoms with E-state index in [2.05, 4.69) is 14.9 Å². The summed E-state index contributed by atoms with van der Waals surface area (Å²) in [7, 11) is 0. The monoisotopic (exact) mass is 472 g/mol. The Morgan fingerprint density at radius 1 is 0.943 bits per heavy atom. The van der Waals surface area contributed by atoms with E-state index in [0.717, 1.165) is 29.9 Å². The second kappa shape index (κ2) is 11.8. The van der Waals surface area contributed by atoms with Crippen LogP contribution in [0.3, 0.4) is 0 Å². The molecule has 0 radical (unpaired) electrons. The van der Waals surface area contributed by atoms with Crippen LogP contribution < -0.4 is 9.64 Å². The van der Waals surface area contributed by atoms with E-state index < -0.39 is 5.97 Å². The zero-order chi connectivity index (χ0) is 24.5. The fraction of sp³-hybridized carbons (Fsp3) is 0.259. The van der Waals surface area contributed by atoms with Crippen molar-refractivity contribution in [3.05, 3.63) is 84.4 Å². The van der Waals surface area contributed by atoms with Crippen LogP contribution in [0.5, 0.6) is 5.75 Å². The Balaban J connectivity index is 1.50. The number of anilines is 1. The topological polar surface area (TPSA) is 84.9 Å². The number of rotatable bonds is 8. The van der Waals surface area contributed by atoms with Gasteiger partial charge >= 0.3 is 5.97 Å². The number of aromatic nitrogens is 2. The molecule has 0 aliphatic carbocycles. The molecule has 1 aliphatic heterocycles. The van der Waals surface area contributed by atoms with Crippen molar-refractivity contribution in [3.63, 3.8) is 0 Å². The molecule has 0 N–H and O–H groups in total. The molecule has 1 fully saturated rings. The fourth-order valence-corrected chi connectivity index (χ4v) is 3.87. The highest BCUT2D eigenvalue weighted by atomic mass is 16.6. The SMILES string of the molecule is CCOC(=O)COc1ccc(C(=Cc2cccnc2)C(=O)N2CCN(c3ccncc3)CC2)cc1. The number of pyridine rings is 2. The maximum atomic E-state index is 13.6. The van der Waals surface area contributed by atoms with Gasteiger partial charge in [-0.2, -0.15) is 0 Å². The molecule has 1 amide bonds. The Labute approximate surface area is 204 Å². The van der Waals surface area contributed by atoms with Gasteiger partial charge in [-0.05, 0) is 54.5 Å². The molecule has 0 bridgehead atoms. The molecule has 0 atom stereocenters. The molecule has 35 heavy (non-hydrogen) atoms. The molecule has 0 unspecified atom stereocenters. The molecule has 3 aromatic rings. The Morgan fingerprint density at radius 3 is 2.34 bits per heavy atom. The van der Waals surface area contributed by atoms with E-state index in [1.807, 2.05) is 47.4 Å². The molecule has 180 valence electrons. The summed E-state index contributed by atoms with van der Waals surface area (Å²) < 4.78 is 10.4. The molecule has 0 spiro atoms. The van der Waals surface area contributed by atoms with Crippen LogP contribution in [0, 0.1) is 0 Å². The summed E-state index contributed by atoms with van der Waals surface area (Å²) in [4.78, 5) is 37.6. The van der Waals surface area contributed by atoms with Gasteiger partial charge in [-0.1, -0.05) is 18.2 Å². The quantitative estimate of drug-likeness (QED) is 0.367. The summed E-state index contributed by atoms with van der Waals surface area (Å²) in [6.07, 6.45) is 8.85. The number of amides is 1. The van der Waals surface area contributed by atoms with Gasteiger partial charge in [-0.25, -0.2) is 4.79 Å². The Morgan fingerprint density at radius 2 is 1.69 bits per heavy atom. The largest absolute Gasteiger partial charge is 0.482 e. The average molecular weight is 473 g/mol. The molecule has 8 heteroatoms. The molecular formula is C27H28N4O4. The molecule has 4 rings (SSSR count). The highest BCUT2D eigenvalue weighted by Crippen LogP contribution is 2.25. The van der Waals surface area contributed by atoms with Crippen LogP contribution >= 0.6 is 0 Å². The van der Waals surface area contributed by atoms with E-state index in [0.29, 0.717) is 31.0 Å². The molecule has 0 saturated carbocycles. The van der Waals surface area contributed by atoms with Gasteiger partial charge in [-0.15, -0.1) is 0 Å². The molecule has 2 aromatic heterocycles. The average Bonchev–Trinajstić information content (AvgIpc) is 2.92. The third-order valence-electron chi connectivity index (χ3n) is 5.65. The number of hydrogen-bond acceptors (Lipinski definition) is 7. The number of hydrogen-bond donors (Lipinski definition) is 0. The lowest BCUT2D eigenvalue weighted by molar-refractivity contribution is -0.145. The van der Waals surface area contributed by atoms with Crippen LogP contribution in [-0.4, -0.2) is 66.1 Å². The van der Waals surface area contributed by atoms with Gasteiger partial charge in [0.15, 0.2) is 6.61 Å². The molecule has 1 aromatic carbocycles. The third kappa shape index (κ3) is 6.44. The van der Waals surface area contributed by atoms with Gasteiger partial charge in [0, 0.05) is 62.2 Å². The standard InChI is InChI=1S/C27H28N4O4/c1-2-34-26(32)20-35-24-7-5-22(6-8-24)25(18-21-4-3-11-29-19-21)27(33)31-16-14-30(15-17-31)23-9-12-28-13-10-23/h3-13,18-19H,2,14-17,20H2,1H3. The molecule has 1 aliphatic rings. The summed E-state index contributed by atoms with van der Waals surface area (Å²) in [6, 6.07) is 14.9.